The number of hydrogen-bond donors (Lipinski definition) is 3. The average molecular weight is 1330 g/mol. The third-order valence-corrected chi connectivity index (χ3v) is 19.1. The molecule has 0 aromatic rings. The van der Waals surface area contributed by atoms with Crippen molar-refractivity contribution in [2.24, 2.45) is 11.8 Å². The molecule has 0 bridgehead atoms. The van der Waals surface area contributed by atoms with Gasteiger partial charge in [0, 0.05) is 25.7 Å². The number of esters is 4. The molecule has 0 rings (SSSR count). The van der Waals surface area contributed by atoms with Gasteiger partial charge in [-0.2, -0.15) is 0 Å². The van der Waals surface area contributed by atoms with E-state index in [0.29, 0.717) is 25.7 Å². The fraction of sp³-hybridized carbons (Fsp3) is 0.944. The Labute approximate surface area is 549 Å². The number of aliphatic hydroxyl groups excluding tert-OH is 1. The van der Waals surface area contributed by atoms with Gasteiger partial charge < -0.3 is 33.8 Å². The molecule has 0 amide bonds. The van der Waals surface area contributed by atoms with Crippen LogP contribution in [0.4, 0.5) is 0 Å². The molecule has 0 aliphatic heterocycles. The Morgan fingerprint density at radius 1 is 0.311 bits per heavy atom. The first-order chi connectivity index (χ1) is 43.4. The van der Waals surface area contributed by atoms with Crippen LogP contribution >= 0.6 is 15.6 Å². The lowest BCUT2D eigenvalue weighted by Gasteiger charge is -2.21. The summed E-state index contributed by atoms with van der Waals surface area (Å²) in [6.07, 6.45) is 48.5. The Morgan fingerprint density at radius 3 is 0.789 bits per heavy atom. The van der Waals surface area contributed by atoms with Crippen molar-refractivity contribution in [2.75, 3.05) is 39.6 Å². The number of ether oxygens (including phenoxy) is 4. The van der Waals surface area contributed by atoms with Crippen molar-refractivity contribution >= 4 is 39.5 Å². The molecule has 0 saturated carbocycles. The third-order valence-electron chi connectivity index (χ3n) is 17.2. The molecule has 4 unspecified atom stereocenters. The first kappa shape index (κ1) is 88.1. The molecule has 534 valence electrons. The lowest BCUT2D eigenvalue weighted by Crippen LogP contribution is -2.30. The summed E-state index contributed by atoms with van der Waals surface area (Å²) in [7, 11) is -9.90. The number of phosphoric acid groups is 2. The molecule has 0 aromatic carbocycles. The number of carbonyl (C=O) groups is 4. The van der Waals surface area contributed by atoms with Gasteiger partial charge in [-0.1, -0.05) is 311 Å². The molecule has 17 nitrogen and oxygen atoms in total. The number of carbonyl (C=O) groups excluding carboxylic acids is 4. The van der Waals surface area contributed by atoms with E-state index < -0.39 is 97.5 Å². The summed E-state index contributed by atoms with van der Waals surface area (Å²) in [4.78, 5) is 72.5. The van der Waals surface area contributed by atoms with Gasteiger partial charge in [-0.25, -0.2) is 9.13 Å². The molecule has 0 fully saturated rings. The summed E-state index contributed by atoms with van der Waals surface area (Å²) >= 11 is 0. The van der Waals surface area contributed by atoms with Crippen molar-refractivity contribution in [2.45, 2.75) is 381 Å². The van der Waals surface area contributed by atoms with Gasteiger partial charge in [0.2, 0.25) is 0 Å². The number of aliphatic hydroxyl groups is 1. The molecule has 0 heterocycles. The highest BCUT2D eigenvalue weighted by Crippen LogP contribution is 2.45. The first-order valence-corrected chi connectivity index (χ1v) is 40.1. The summed E-state index contributed by atoms with van der Waals surface area (Å²) in [5, 5.41) is 10.6. The summed E-state index contributed by atoms with van der Waals surface area (Å²) < 4.78 is 68.3. The Balaban J connectivity index is 5.23. The van der Waals surface area contributed by atoms with Crippen LogP contribution in [0.2, 0.25) is 0 Å². The first-order valence-electron chi connectivity index (χ1n) is 37.1. The zero-order chi connectivity index (χ0) is 66.5. The average Bonchev–Trinajstić information content (AvgIpc) is 3.73. The van der Waals surface area contributed by atoms with E-state index in [1.165, 1.54) is 180 Å². The predicted octanol–water partition coefficient (Wildman–Crippen LogP) is 20.4. The van der Waals surface area contributed by atoms with Gasteiger partial charge in [0.05, 0.1) is 26.4 Å². The van der Waals surface area contributed by atoms with Gasteiger partial charge in [-0.15, -0.1) is 0 Å². The molecule has 0 aromatic heterocycles. The zero-order valence-electron chi connectivity index (χ0n) is 58.4. The van der Waals surface area contributed by atoms with E-state index in [2.05, 4.69) is 41.5 Å². The highest BCUT2D eigenvalue weighted by atomic mass is 31.2. The minimum Gasteiger partial charge on any atom is -0.462 e. The summed E-state index contributed by atoms with van der Waals surface area (Å²) in [6, 6.07) is 0. The van der Waals surface area contributed by atoms with Crippen LogP contribution in [0.1, 0.15) is 363 Å². The normalized spacial score (nSPS) is 14.7. The standard InChI is InChI=1S/C71H138O17P2/c1-7-11-13-15-17-19-20-21-22-23-24-25-26-32-36-43-49-55-70(75)87-66(59-82-69(74)54-48-42-35-31-28-27-30-33-39-45-51-63(5)9-3)61-85-89(77,78)83-57-65(72)58-84-90(79,80)86-62-67(60-81-68(73)53-47-41-34-29-18-16-14-12-8-2)88-71(76)56-50-44-38-37-40-46-52-64(6)10-4/h63-67,72H,7-62H2,1-6H3,(H,77,78)(H,79,80)/t63?,64?,65-,66-,67-/m1/s1. The van der Waals surface area contributed by atoms with Crippen molar-refractivity contribution in [3.8, 4) is 0 Å². The molecule has 0 spiro atoms. The SMILES string of the molecule is CCCCCCCCCCCCCCCCCCCC(=O)O[C@H](COC(=O)CCCCCCCCCCCCC(C)CC)COP(=O)(O)OC[C@@H](O)COP(=O)(O)OC[C@@H](COC(=O)CCCCCCCCCCC)OC(=O)CCCCCCCCC(C)CC. The van der Waals surface area contributed by atoms with Gasteiger partial charge in [-0.05, 0) is 37.5 Å². The molecule has 19 heteroatoms. The second-order valence-corrected chi connectivity index (χ2v) is 29.0. The molecule has 7 atom stereocenters. The number of unbranched alkanes of at least 4 members (excludes halogenated alkanes) is 38. The molecule has 3 N–H and O–H groups in total. The Bertz CT molecular complexity index is 1760. The van der Waals surface area contributed by atoms with E-state index in [9.17, 15) is 43.2 Å². The van der Waals surface area contributed by atoms with E-state index >= 15 is 0 Å². The van der Waals surface area contributed by atoms with E-state index in [1.807, 2.05) is 0 Å². The summed E-state index contributed by atoms with van der Waals surface area (Å²) in [5.41, 5.74) is 0. The quantitative estimate of drug-likeness (QED) is 0.0222. The van der Waals surface area contributed by atoms with Crippen LogP contribution in [0.15, 0.2) is 0 Å². The largest absolute Gasteiger partial charge is 0.472 e. The Morgan fingerprint density at radius 2 is 0.533 bits per heavy atom. The van der Waals surface area contributed by atoms with Crippen LogP contribution in [0.3, 0.4) is 0 Å². The van der Waals surface area contributed by atoms with Gasteiger partial charge >= 0.3 is 39.5 Å². The van der Waals surface area contributed by atoms with Crippen LogP contribution in [0.5, 0.6) is 0 Å². The Hall–Kier alpha value is -1.94. The number of phosphoric ester groups is 2. The number of hydrogen-bond acceptors (Lipinski definition) is 15. The van der Waals surface area contributed by atoms with Crippen molar-refractivity contribution in [1.82, 2.24) is 0 Å². The van der Waals surface area contributed by atoms with Crippen molar-refractivity contribution in [3.63, 3.8) is 0 Å². The van der Waals surface area contributed by atoms with Crippen molar-refractivity contribution in [3.05, 3.63) is 0 Å². The van der Waals surface area contributed by atoms with Crippen LogP contribution in [-0.2, 0) is 65.4 Å². The minimum atomic E-state index is -4.95. The maximum atomic E-state index is 13.0. The third kappa shape index (κ3) is 62.2. The van der Waals surface area contributed by atoms with Gasteiger partial charge in [0.1, 0.15) is 19.3 Å². The molecular weight excluding hydrogens is 1190 g/mol. The van der Waals surface area contributed by atoms with Crippen molar-refractivity contribution in [1.29, 1.82) is 0 Å². The molecule has 0 saturated heterocycles. The lowest BCUT2D eigenvalue weighted by molar-refractivity contribution is -0.161. The van der Waals surface area contributed by atoms with Gasteiger partial charge in [0.25, 0.3) is 0 Å². The second kappa shape index (κ2) is 63.1. The maximum absolute atomic E-state index is 13.0. The monoisotopic (exact) mass is 1320 g/mol. The molecule has 0 aliphatic rings. The fourth-order valence-corrected chi connectivity index (χ4v) is 12.3. The van der Waals surface area contributed by atoms with E-state index in [1.54, 1.807) is 0 Å². The van der Waals surface area contributed by atoms with Gasteiger partial charge in [0.15, 0.2) is 12.2 Å². The summed E-state index contributed by atoms with van der Waals surface area (Å²) in [5.74, 6) is -0.596. The minimum absolute atomic E-state index is 0.103. The van der Waals surface area contributed by atoms with Crippen LogP contribution in [0, 0.1) is 11.8 Å². The molecule has 90 heavy (non-hydrogen) atoms. The molecular formula is C71H138O17P2. The fourth-order valence-electron chi connectivity index (χ4n) is 10.7. The predicted molar refractivity (Wildman–Crippen MR) is 363 cm³/mol. The van der Waals surface area contributed by atoms with Crippen molar-refractivity contribution < 1.29 is 80.2 Å². The lowest BCUT2D eigenvalue weighted by atomic mass is 9.99. The molecule has 0 radical (unpaired) electrons. The topological polar surface area (TPSA) is 237 Å². The Kier molecular flexibility index (Phi) is 61.8. The smallest absolute Gasteiger partial charge is 0.462 e. The van der Waals surface area contributed by atoms with E-state index in [-0.39, 0.29) is 25.7 Å². The summed E-state index contributed by atoms with van der Waals surface area (Å²) in [6.45, 7) is 9.52. The maximum Gasteiger partial charge on any atom is 0.472 e. The van der Waals surface area contributed by atoms with Gasteiger partial charge in [-0.3, -0.25) is 37.3 Å². The van der Waals surface area contributed by atoms with Crippen LogP contribution < -0.4 is 0 Å². The zero-order valence-corrected chi connectivity index (χ0v) is 60.2. The molecule has 0 aliphatic carbocycles. The number of rotatable bonds is 70. The highest BCUT2D eigenvalue weighted by molar-refractivity contribution is 7.47. The van der Waals surface area contributed by atoms with Crippen LogP contribution in [-0.4, -0.2) is 96.7 Å². The van der Waals surface area contributed by atoms with E-state index in [0.717, 1.165) is 102 Å². The van der Waals surface area contributed by atoms with E-state index in [4.69, 9.17) is 37.0 Å². The van der Waals surface area contributed by atoms with Crippen LogP contribution in [0.25, 0.3) is 0 Å². The highest BCUT2D eigenvalue weighted by Gasteiger charge is 2.30. The second-order valence-electron chi connectivity index (χ2n) is 26.1.